The summed E-state index contributed by atoms with van der Waals surface area (Å²) in [6, 6.07) is -5.56. The molecule has 0 bridgehead atoms. The smallest absolute Gasteiger partial charge is 0.326 e. The van der Waals surface area contributed by atoms with Crippen molar-refractivity contribution >= 4 is 47.4 Å². The molecule has 0 aliphatic heterocycles. The van der Waals surface area contributed by atoms with Gasteiger partial charge in [0.05, 0.1) is 18.9 Å². The van der Waals surface area contributed by atoms with Gasteiger partial charge in [-0.15, -0.1) is 0 Å². The highest BCUT2D eigenvalue weighted by atomic mass is 32.2. The number of carbonyl (C=O) groups is 6. The molecule has 8 N–H and O–H groups in total. The third-order valence-corrected chi connectivity index (χ3v) is 4.37. The molecule has 4 unspecified atom stereocenters. The van der Waals surface area contributed by atoms with Gasteiger partial charge in [0.15, 0.2) is 0 Å². The van der Waals surface area contributed by atoms with Crippen molar-refractivity contribution in [2.45, 2.75) is 50.4 Å². The highest BCUT2D eigenvalue weighted by Crippen LogP contribution is 2.02. The molecule has 13 nitrogen and oxygen atoms in total. The second kappa shape index (κ2) is 13.4. The van der Waals surface area contributed by atoms with Crippen LogP contribution < -0.4 is 21.7 Å². The zero-order valence-electron chi connectivity index (χ0n) is 16.4. The third-order valence-electron chi connectivity index (χ3n) is 3.73. The minimum absolute atomic E-state index is 0.299. The summed E-state index contributed by atoms with van der Waals surface area (Å²) in [5.41, 5.74) is 5.68. The van der Waals surface area contributed by atoms with Crippen molar-refractivity contribution in [1.82, 2.24) is 16.0 Å². The van der Waals surface area contributed by atoms with Gasteiger partial charge in [-0.3, -0.25) is 24.0 Å². The van der Waals surface area contributed by atoms with Crippen LogP contribution in [0, 0.1) is 0 Å². The Morgan fingerprint density at radius 3 is 1.80 bits per heavy atom. The second-order valence-corrected chi connectivity index (χ2v) is 7.26. The van der Waals surface area contributed by atoms with E-state index in [1.165, 1.54) is 18.7 Å². The highest BCUT2D eigenvalue weighted by molar-refractivity contribution is 7.98. The zero-order valence-corrected chi connectivity index (χ0v) is 17.2. The summed E-state index contributed by atoms with van der Waals surface area (Å²) >= 11 is 1.45. The first-order chi connectivity index (χ1) is 13.9. The van der Waals surface area contributed by atoms with Crippen LogP contribution in [0.1, 0.15) is 26.2 Å². The molecule has 0 radical (unpaired) electrons. The normalized spacial score (nSPS) is 14.5. The molecule has 0 fully saturated rings. The van der Waals surface area contributed by atoms with Gasteiger partial charge >= 0.3 is 17.9 Å². The zero-order chi connectivity index (χ0) is 23.4. The van der Waals surface area contributed by atoms with Crippen molar-refractivity contribution in [3.63, 3.8) is 0 Å². The van der Waals surface area contributed by atoms with Crippen molar-refractivity contribution in [1.29, 1.82) is 0 Å². The number of hydrogen-bond acceptors (Lipinski definition) is 8. The number of thioether (sulfide) groups is 1. The summed E-state index contributed by atoms with van der Waals surface area (Å²) in [6.45, 7) is 1.18. The minimum atomic E-state index is -1.72. The lowest BCUT2D eigenvalue weighted by Crippen LogP contribution is -2.56. The molecule has 0 aromatic carbocycles. The lowest BCUT2D eigenvalue weighted by atomic mass is 10.1. The van der Waals surface area contributed by atoms with Gasteiger partial charge in [0.1, 0.15) is 18.1 Å². The fourth-order valence-electron chi connectivity index (χ4n) is 2.09. The van der Waals surface area contributed by atoms with E-state index >= 15 is 0 Å². The van der Waals surface area contributed by atoms with Crippen LogP contribution in [0.15, 0.2) is 0 Å². The van der Waals surface area contributed by atoms with Gasteiger partial charge in [0.2, 0.25) is 17.7 Å². The first kappa shape index (κ1) is 27.1. The lowest BCUT2D eigenvalue weighted by molar-refractivity contribution is -0.147. The number of hydrogen-bond donors (Lipinski definition) is 7. The third kappa shape index (κ3) is 10.6. The van der Waals surface area contributed by atoms with E-state index in [2.05, 4.69) is 10.6 Å². The molecule has 4 atom stereocenters. The fraction of sp³-hybridized carbons (Fsp3) is 0.625. The number of amides is 3. The highest BCUT2D eigenvalue weighted by Gasteiger charge is 2.30. The van der Waals surface area contributed by atoms with E-state index in [1.807, 2.05) is 11.6 Å². The summed E-state index contributed by atoms with van der Waals surface area (Å²) in [4.78, 5) is 69.2. The molecule has 170 valence electrons. The quantitative estimate of drug-likeness (QED) is 0.147. The standard InChI is InChI=1S/C16H26N4O9S/c1-7(13(25)20-10(16(28)29)6-12(23)24)18-15(27)9(5-11(21)22)19-14(26)8(17)3-4-30-2/h7-10H,3-6,17H2,1-2H3,(H,18,27)(H,19,26)(H,20,25)(H,21,22)(H,23,24)(H,28,29). The maximum atomic E-state index is 12.3. The molecule has 30 heavy (non-hydrogen) atoms. The molecule has 0 saturated carbocycles. The molecule has 0 heterocycles. The Kier molecular flexibility index (Phi) is 12.1. The molecule has 14 heteroatoms. The Morgan fingerprint density at radius 2 is 1.33 bits per heavy atom. The molecular formula is C16H26N4O9S. The average molecular weight is 450 g/mol. The van der Waals surface area contributed by atoms with E-state index in [1.54, 1.807) is 0 Å². The van der Waals surface area contributed by atoms with Gasteiger partial charge in [-0.25, -0.2) is 4.79 Å². The molecule has 0 aromatic rings. The van der Waals surface area contributed by atoms with E-state index in [-0.39, 0.29) is 0 Å². The summed E-state index contributed by atoms with van der Waals surface area (Å²) in [5, 5.41) is 32.9. The number of carboxylic acids is 3. The molecule has 3 amide bonds. The number of nitrogens with one attached hydrogen (secondary N) is 3. The van der Waals surface area contributed by atoms with Gasteiger partial charge < -0.3 is 37.0 Å². The Morgan fingerprint density at radius 1 is 0.833 bits per heavy atom. The maximum Gasteiger partial charge on any atom is 0.326 e. The summed E-state index contributed by atoms with van der Waals surface area (Å²) in [7, 11) is 0. The van der Waals surface area contributed by atoms with Gasteiger partial charge in [0, 0.05) is 0 Å². The number of carboxylic acid groups (broad SMARTS) is 3. The maximum absolute atomic E-state index is 12.3. The van der Waals surface area contributed by atoms with E-state index in [0.29, 0.717) is 12.2 Å². The summed E-state index contributed by atoms with van der Waals surface area (Å²) < 4.78 is 0. The van der Waals surface area contributed by atoms with Crippen molar-refractivity contribution in [2.75, 3.05) is 12.0 Å². The van der Waals surface area contributed by atoms with Crippen molar-refractivity contribution in [3.8, 4) is 0 Å². The van der Waals surface area contributed by atoms with Gasteiger partial charge in [0.25, 0.3) is 0 Å². The van der Waals surface area contributed by atoms with Crippen LogP contribution in [0.3, 0.4) is 0 Å². The van der Waals surface area contributed by atoms with Crippen LogP contribution in [0.25, 0.3) is 0 Å². The Balaban J connectivity index is 5.05. The minimum Gasteiger partial charge on any atom is -0.481 e. The Labute approximate surface area is 176 Å². The first-order valence-corrected chi connectivity index (χ1v) is 10.1. The van der Waals surface area contributed by atoms with Gasteiger partial charge in [-0.1, -0.05) is 0 Å². The topological polar surface area (TPSA) is 225 Å². The van der Waals surface area contributed by atoms with Crippen LogP contribution in [-0.4, -0.2) is 87.1 Å². The summed E-state index contributed by atoms with van der Waals surface area (Å²) in [6.07, 6.45) is 0.446. The molecule has 0 aromatic heterocycles. The SMILES string of the molecule is CSCCC(N)C(=O)NC(CC(=O)O)C(=O)NC(C)C(=O)NC(CC(=O)O)C(=O)O. The van der Waals surface area contributed by atoms with E-state index in [0.717, 1.165) is 0 Å². The number of nitrogens with two attached hydrogens (primary N) is 1. The summed E-state index contributed by atoms with van der Waals surface area (Å²) in [5.74, 6) is -6.61. The van der Waals surface area contributed by atoms with E-state index < -0.39 is 72.6 Å². The predicted molar refractivity (Wildman–Crippen MR) is 105 cm³/mol. The molecular weight excluding hydrogens is 424 g/mol. The Bertz CT molecular complexity index is 673. The molecule has 0 aliphatic rings. The van der Waals surface area contributed by atoms with Gasteiger partial charge in [-0.2, -0.15) is 11.8 Å². The predicted octanol–water partition coefficient (Wildman–Crippen LogP) is -2.42. The van der Waals surface area contributed by atoms with Crippen LogP contribution in [0.4, 0.5) is 0 Å². The van der Waals surface area contributed by atoms with Crippen molar-refractivity contribution < 1.29 is 44.1 Å². The largest absolute Gasteiger partial charge is 0.481 e. The molecule has 0 spiro atoms. The number of rotatable bonds is 14. The van der Waals surface area contributed by atoms with Crippen LogP contribution >= 0.6 is 11.8 Å². The Hall–Kier alpha value is -2.87. The van der Waals surface area contributed by atoms with Crippen LogP contribution in [0.5, 0.6) is 0 Å². The number of carbonyl (C=O) groups excluding carboxylic acids is 3. The molecule has 0 aliphatic carbocycles. The average Bonchev–Trinajstić information content (AvgIpc) is 2.63. The van der Waals surface area contributed by atoms with Crippen LogP contribution in [-0.2, 0) is 28.8 Å². The second-order valence-electron chi connectivity index (χ2n) is 6.27. The molecule has 0 saturated heterocycles. The van der Waals surface area contributed by atoms with Gasteiger partial charge in [-0.05, 0) is 25.4 Å². The first-order valence-electron chi connectivity index (χ1n) is 8.71. The monoisotopic (exact) mass is 450 g/mol. The van der Waals surface area contributed by atoms with E-state index in [9.17, 15) is 28.8 Å². The van der Waals surface area contributed by atoms with Crippen molar-refractivity contribution in [2.24, 2.45) is 5.73 Å². The lowest BCUT2D eigenvalue weighted by Gasteiger charge is -2.22. The fourth-order valence-corrected chi connectivity index (χ4v) is 2.58. The molecule has 0 rings (SSSR count). The van der Waals surface area contributed by atoms with Crippen LogP contribution in [0.2, 0.25) is 0 Å². The van der Waals surface area contributed by atoms with E-state index in [4.69, 9.17) is 21.1 Å². The number of aliphatic carboxylic acids is 3. The van der Waals surface area contributed by atoms with Crippen molar-refractivity contribution in [3.05, 3.63) is 0 Å².